The van der Waals surface area contributed by atoms with Crippen molar-refractivity contribution in [2.45, 2.75) is 19.4 Å². The summed E-state index contributed by atoms with van der Waals surface area (Å²) in [6, 6.07) is 2.22. The maximum absolute atomic E-state index is 11.8. The van der Waals surface area contributed by atoms with Crippen molar-refractivity contribution in [1.82, 2.24) is 0 Å². The molecular formula is C11H10N2O8. The van der Waals surface area contributed by atoms with Gasteiger partial charge in [0.25, 0.3) is 11.4 Å². The van der Waals surface area contributed by atoms with Crippen LogP contribution in [0.1, 0.15) is 24.2 Å². The number of nitro groups is 2. The van der Waals surface area contributed by atoms with Crippen molar-refractivity contribution in [3.05, 3.63) is 44.0 Å². The molecule has 0 fully saturated rings. The summed E-state index contributed by atoms with van der Waals surface area (Å²) in [5, 5.41) is 30.2. The topological polar surface area (TPSA) is 150 Å². The average molecular weight is 298 g/mol. The van der Waals surface area contributed by atoms with Crippen LogP contribution in [0.4, 0.5) is 11.4 Å². The first-order valence-electron chi connectivity index (χ1n) is 5.45. The van der Waals surface area contributed by atoms with Crippen molar-refractivity contribution in [2.75, 3.05) is 0 Å². The van der Waals surface area contributed by atoms with Crippen molar-refractivity contribution in [2.24, 2.45) is 0 Å². The van der Waals surface area contributed by atoms with Crippen LogP contribution in [0.2, 0.25) is 0 Å². The second-order valence-electron chi connectivity index (χ2n) is 4.46. The molecule has 10 nitrogen and oxygen atoms in total. The molecule has 1 aromatic carbocycles. The van der Waals surface area contributed by atoms with Gasteiger partial charge in [-0.25, -0.2) is 9.59 Å². The lowest BCUT2D eigenvalue weighted by atomic mass is 10.1. The Morgan fingerprint density at radius 2 is 1.52 bits per heavy atom. The molecule has 0 aliphatic carbocycles. The summed E-state index contributed by atoms with van der Waals surface area (Å²) in [6.45, 7) is 2.19. The number of aliphatic carboxylic acids is 1. The largest absolute Gasteiger partial charge is 0.478 e. The summed E-state index contributed by atoms with van der Waals surface area (Å²) in [7, 11) is 0. The Balaban J connectivity index is 3.23. The highest BCUT2D eigenvalue weighted by atomic mass is 16.6. The number of benzene rings is 1. The lowest BCUT2D eigenvalue weighted by Gasteiger charge is -2.19. The molecule has 0 aliphatic heterocycles. The van der Waals surface area contributed by atoms with Crippen molar-refractivity contribution in [3.8, 4) is 0 Å². The Morgan fingerprint density at radius 1 is 1.10 bits per heavy atom. The molecular weight excluding hydrogens is 288 g/mol. The van der Waals surface area contributed by atoms with E-state index in [4.69, 9.17) is 5.11 Å². The molecule has 0 aliphatic rings. The summed E-state index contributed by atoms with van der Waals surface area (Å²) < 4.78 is 4.67. The summed E-state index contributed by atoms with van der Waals surface area (Å²) in [6.07, 6.45) is 0. The minimum Gasteiger partial charge on any atom is -0.478 e. The molecule has 0 heterocycles. The zero-order valence-electron chi connectivity index (χ0n) is 10.9. The molecule has 0 unspecified atom stereocenters. The van der Waals surface area contributed by atoms with Gasteiger partial charge >= 0.3 is 11.9 Å². The fourth-order valence-electron chi connectivity index (χ4n) is 1.26. The van der Waals surface area contributed by atoms with Gasteiger partial charge in [-0.15, -0.1) is 0 Å². The van der Waals surface area contributed by atoms with Gasteiger partial charge in [0.15, 0.2) is 0 Å². The van der Waals surface area contributed by atoms with Crippen LogP contribution >= 0.6 is 0 Å². The first-order valence-corrected chi connectivity index (χ1v) is 5.45. The number of carboxylic acids is 1. The van der Waals surface area contributed by atoms with E-state index in [1.165, 1.54) is 0 Å². The molecule has 0 spiro atoms. The third-order valence-electron chi connectivity index (χ3n) is 2.42. The van der Waals surface area contributed by atoms with Gasteiger partial charge in [0.2, 0.25) is 5.60 Å². The third kappa shape index (κ3) is 3.72. The highest BCUT2D eigenvalue weighted by molar-refractivity contribution is 5.93. The van der Waals surface area contributed by atoms with E-state index in [0.717, 1.165) is 26.0 Å². The van der Waals surface area contributed by atoms with Gasteiger partial charge in [0.05, 0.1) is 21.5 Å². The van der Waals surface area contributed by atoms with Crippen LogP contribution in [-0.2, 0) is 9.53 Å². The van der Waals surface area contributed by atoms with Crippen LogP contribution in [0.25, 0.3) is 0 Å². The molecule has 0 radical (unpaired) electrons. The molecule has 0 bridgehead atoms. The Morgan fingerprint density at radius 3 is 1.86 bits per heavy atom. The maximum Gasteiger partial charge on any atom is 0.347 e. The van der Waals surface area contributed by atoms with Gasteiger partial charge in [-0.05, 0) is 13.8 Å². The molecule has 112 valence electrons. The standard InChI is InChI=1S/C11H10N2O8/c1-11(2,10(15)16)21-9(14)6-3-7(12(17)18)5-8(4-6)13(19)20/h3-5H,1-2H3,(H,15,16). The van der Waals surface area contributed by atoms with E-state index in [9.17, 15) is 29.8 Å². The number of non-ortho nitro benzene ring substituents is 2. The number of esters is 1. The molecule has 0 saturated carbocycles. The predicted molar refractivity (Wildman–Crippen MR) is 66.9 cm³/mol. The lowest BCUT2D eigenvalue weighted by molar-refractivity contribution is -0.394. The Bertz CT molecular complexity index is 605. The molecule has 0 saturated heterocycles. The van der Waals surface area contributed by atoms with E-state index in [1.54, 1.807) is 0 Å². The van der Waals surface area contributed by atoms with Crippen LogP contribution in [0.15, 0.2) is 18.2 Å². The molecule has 0 atom stereocenters. The number of hydrogen-bond acceptors (Lipinski definition) is 7. The van der Waals surface area contributed by atoms with E-state index in [1.807, 2.05) is 0 Å². The number of rotatable bonds is 5. The molecule has 1 N–H and O–H groups in total. The van der Waals surface area contributed by atoms with Crippen LogP contribution < -0.4 is 0 Å². The van der Waals surface area contributed by atoms with Crippen molar-refractivity contribution < 1.29 is 29.3 Å². The van der Waals surface area contributed by atoms with Crippen LogP contribution in [0.3, 0.4) is 0 Å². The van der Waals surface area contributed by atoms with E-state index in [0.29, 0.717) is 6.07 Å². The normalized spacial score (nSPS) is 10.8. The maximum atomic E-state index is 11.8. The van der Waals surface area contributed by atoms with Gasteiger partial charge in [-0.1, -0.05) is 0 Å². The summed E-state index contributed by atoms with van der Waals surface area (Å²) >= 11 is 0. The van der Waals surface area contributed by atoms with E-state index < -0.39 is 44.3 Å². The van der Waals surface area contributed by atoms with Crippen LogP contribution in [0.5, 0.6) is 0 Å². The van der Waals surface area contributed by atoms with Crippen molar-refractivity contribution in [1.29, 1.82) is 0 Å². The molecule has 0 amide bonds. The monoisotopic (exact) mass is 298 g/mol. The van der Waals surface area contributed by atoms with E-state index in [-0.39, 0.29) is 0 Å². The highest BCUT2D eigenvalue weighted by Crippen LogP contribution is 2.24. The Hall–Kier alpha value is -3.04. The lowest BCUT2D eigenvalue weighted by Crippen LogP contribution is -2.37. The van der Waals surface area contributed by atoms with Crippen molar-refractivity contribution >= 4 is 23.3 Å². The third-order valence-corrected chi connectivity index (χ3v) is 2.42. The fraction of sp³-hybridized carbons (Fsp3) is 0.273. The van der Waals surface area contributed by atoms with Gasteiger partial charge in [-0.3, -0.25) is 20.2 Å². The summed E-state index contributed by atoms with van der Waals surface area (Å²) in [4.78, 5) is 42.2. The minimum absolute atomic E-state index is 0.481. The number of nitrogens with zero attached hydrogens (tertiary/aromatic N) is 2. The number of hydrogen-bond donors (Lipinski definition) is 1. The Labute approximate surface area is 117 Å². The SMILES string of the molecule is CC(C)(OC(=O)c1cc([N+](=O)[O-])cc([N+](=O)[O-])c1)C(=O)O. The van der Waals surface area contributed by atoms with Crippen molar-refractivity contribution in [3.63, 3.8) is 0 Å². The number of ether oxygens (including phenoxy) is 1. The summed E-state index contributed by atoms with van der Waals surface area (Å²) in [5.41, 5.74) is -3.71. The number of carbonyl (C=O) groups excluding carboxylic acids is 1. The first kappa shape index (κ1) is 16.0. The van der Waals surface area contributed by atoms with E-state index >= 15 is 0 Å². The smallest absolute Gasteiger partial charge is 0.347 e. The predicted octanol–water partition coefficient (Wildman–Crippen LogP) is 1.52. The zero-order valence-corrected chi connectivity index (χ0v) is 10.9. The summed E-state index contributed by atoms with van der Waals surface area (Å²) in [5.74, 6) is -2.65. The van der Waals surface area contributed by atoms with Gasteiger partial charge in [0.1, 0.15) is 0 Å². The quantitative estimate of drug-likeness (QED) is 0.488. The zero-order chi connectivity index (χ0) is 16.4. The van der Waals surface area contributed by atoms with Gasteiger partial charge in [-0.2, -0.15) is 0 Å². The van der Waals surface area contributed by atoms with E-state index in [2.05, 4.69) is 4.74 Å². The fourth-order valence-corrected chi connectivity index (χ4v) is 1.26. The number of carboxylic acid groups (broad SMARTS) is 1. The van der Waals surface area contributed by atoms with Crippen LogP contribution in [-0.4, -0.2) is 32.5 Å². The molecule has 1 aromatic rings. The minimum atomic E-state index is -1.88. The molecule has 0 aromatic heterocycles. The molecule has 10 heteroatoms. The van der Waals surface area contributed by atoms with Gasteiger partial charge < -0.3 is 9.84 Å². The second-order valence-corrected chi connectivity index (χ2v) is 4.46. The number of carbonyl (C=O) groups is 2. The Kier molecular flexibility index (Phi) is 4.21. The highest BCUT2D eigenvalue weighted by Gasteiger charge is 2.33. The molecule has 21 heavy (non-hydrogen) atoms. The first-order chi connectivity index (χ1) is 9.54. The van der Waals surface area contributed by atoms with Gasteiger partial charge in [0, 0.05) is 12.1 Å². The number of nitro benzene ring substituents is 2. The molecule has 1 rings (SSSR count). The van der Waals surface area contributed by atoms with Crippen LogP contribution in [0, 0.1) is 20.2 Å². The second kappa shape index (κ2) is 5.53. The average Bonchev–Trinajstić information content (AvgIpc) is 2.37.